The molecule has 0 aromatic heterocycles. The molecule has 0 fully saturated rings. The van der Waals surface area contributed by atoms with Crippen molar-refractivity contribution in [1.29, 1.82) is 0 Å². The molecule has 0 saturated heterocycles. The van der Waals surface area contributed by atoms with Crippen LogP contribution in [0.15, 0.2) is 11.8 Å². The van der Waals surface area contributed by atoms with Gasteiger partial charge in [0.25, 0.3) is 0 Å². The fraction of sp³-hybridized carbons (Fsp3) is 0.250. The smallest absolute Gasteiger partial charge is 0.103 e. The molecule has 0 saturated carbocycles. The number of hydrogen-bond donors (Lipinski definition) is 2. The highest BCUT2D eigenvalue weighted by Gasteiger charge is 1.92. The first-order valence-corrected chi connectivity index (χ1v) is 2.13. The van der Waals surface area contributed by atoms with E-state index < -0.39 is 5.97 Å². The molecule has 4 nitrogen and oxygen atoms in total. The lowest BCUT2D eigenvalue weighted by Gasteiger charge is -1.98. The minimum absolute atomic E-state index is 0.0324. The van der Waals surface area contributed by atoms with E-state index >= 15 is 0 Å². The van der Waals surface area contributed by atoms with Crippen LogP contribution in [0, 0.1) is 0 Å². The molecule has 0 unspecified atom stereocenters. The highest BCUT2D eigenvalue weighted by Crippen LogP contribution is 1.80. The summed E-state index contributed by atoms with van der Waals surface area (Å²) in [7, 11) is 0. The molecule has 0 amide bonds. The van der Waals surface area contributed by atoms with Crippen molar-refractivity contribution in [2.75, 3.05) is 6.54 Å². The van der Waals surface area contributed by atoms with Gasteiger partial charge in [0.15, 0.2) is 0 Å². The molecule has 0 aliphatic heterocycles. The summed E-state index contributed by atoms with van der Waals surface area (Å²) in [6.45, 7) is 0.166. The summed E-state index contributed by atoms with van der Waals surface area (Å²) in [6.07, 6.45) is 0.988. The maximum atomic E-state index is 9.86. The van der Waals surface area contributed by atoms with Gasteiger partial charge in [-0.25, -0.2) is 0 Å². The lowest BCUT2D eigenvalue weighted by Crippen LogP contribution is -2.53. The number of carbonyl (C=O) groups is 1. The van der Waals surface area contributed by atoms with Gasteiger partial charge in [0.2, 0.25) is 0 Å². The minimum Gasteiger partial charge on any atom is -0.545 e. The molecule has 0 aliphatic carbocycles. The van der Waals surface area contributed by atoms with Gasteiger partial charge < -0.3 is 21.4 Å². The fourth-order valence-electron chi connectivity index (χ4n) is 0.253. The zero-order chi connectivity index (χ0) is 6.57. The topological polar surface area (TPSA) is 93.8 Å². The van der Waals surface area contributed by atoms with Crippen LogP contribution < -0.4 is 16.6 Å². The maximum Gasteiger partial charge on any atom is 0.103 e. The minimum atomic E-state index is -1.25. The number of quaternary nitrogens is 1. The summed E-state index contributed by atoms with van der Waals surface area (Å²) >= 11 is 0. The number of carbonyl (C=O) groups excluding carboxylic acids is 1. The number of carboxylic acid groups (broad SMARTS) is 1. The molecule has 0 radical (unpaired) electrons. The van der Waals surface area contributed by atoms with Gasteiger partial charge in [-0.1, -0.05) is 0 Å². The van der Waals surface area contributed by atoms with Gasteiger partial charge >= 0.3 is 0 Å². The first-order valence-electron chi connectivity index (χ1n) is 2.13. The summed E-state index contributed by atoms with van der Waals surface area (Å²) in [6, 6.07) is 0. The van der Waals surface area contributed by atoms with Gasteiger partial charge in [0.05, 0.1) is 5.97 Å². The van der Waals surface area contributed by atoms with E-state index in [-0.39, 0.29) is 12.1 Å². The maximum absolute atomic E-state index is 9.86. The summed E-state index contributed by atoms with van der Waals surface area (Å²) in [4.78, 5) is 9.86. The molecule has 46 valence electrons. The molecule has 0 rings (SSSR count). The van der Waals surface area contributed by atoms with Crippen molar-refractivity contribution < 1.29 is 15.6 Å². The normalized spacial score (nSPS) is 11.4. The lowest BCUT2D eigenvalue weighted by atomic mass is 10.3. The Morgan fingerprint density at radius 3 is 2.38 bits per heavy atom. The van der Waals surface area contributed by atoms with E-state index in [1.165, 1.54) is 0 Å². The Bertz CT molecular complexity index is 119. The Balaban J connectivity index is 3.92. The van der Waals surface area contributed by atoms with Crippen molar-refractivity contribution in [2.24, 2.45) is 5.73 Å². The molecule has 0 heterocycles. The molecule has 5 N–H and O–H groups in total. The van der Waals surface area contributed by atoms with Gasteiger partial charge in [0, 0.05) is 11.8 Å². The second-order valence-electron chi connectivity index (χ2n) is 1.23. The molecule has 0 aliphatic rings. The monoisotopic (exact) mass is 116 g/mol. The van der Waals surface area contributed by atoms with Crippen molar-refractivity contribution >= 4 is 5.97 Å². The van der Waals surface area contributed by atoms with Crippen LogP contribution in [0.1, 0.15) is 0 Å². The predicted octanol–water partition coefficient (Wildman–Crippen LogP) is -3.18. The Morgan fingerprint density at radius 2 is 2.38 bits per heavy atom. The largest absolute Gasteiger partial charge is 0.545 e. The molecular formula is C4H8N2O2. The third-order valence-electron chi connectivity index (χ3n) is 0.733. The second kappa shape index (κ2) is 3.04. The molecule has 0 aromatic carbocycles. The van der Waals surface area contributed by atoms with Crippen molar-refractivity contribution in [3.63, 3.8) is 0 Å². The Kier molecular flexibility index (Phi) is 2.64. The third kappa shape index (κ3) is 1.61. The van der Waals surface area contributed by atoms with Crippen LogP contribution in [0.2, 0.25) is 0 Å². The highest BCUT2D eigenvalue weighted by molar-refractivity contribution is 5.84. The van der Waals surface area contributed by atoms with E-state index in [0.29, 0.717) is 0 Å². The van der Waals surface area contributed by atoms with Gasteiger partial charge in [-0.15, -0.1) is 0 Å². The number of hydrogen-bond acceptors (Lipinski definition) is 3. The summed E-state index contributed by atoms with van der Waals surface area (Å²) in [5.41, 5.74) is 8.20. The van der Waals surface area contributed by atoms with E-state index in [0.717, 1.165) is 6.20 Å². The van der Waals surface area contributed by atoms with Crippen LogP contribution >= 0.6 is 0 Å². The number of rotatable bonds is 2. The summed E-state index contributed by atoms with van der Waals surface area (Å²) in [5.74, 6) is -1.25. The van der Waals surface area contributed by atoms with E-state index in [2.05, 4.69) is 5.73 Å². The van der Waals surface area contributed by atoms with Crippen LogP contribution in [0.25, 0.3) is 0 Å². The molecule has 0 bridgehead atoms. The van der Waals surface area contributed by atoms with Gasteiger partial charge in [-0.05, 0) is 0 Å². The van der Waals surface area contributed by atoms with Gasteiger partial charge in [0.1, 0.15) is 6.54 Å². The van der Waals surface area contributed by atoms with Crippen LogP contribution in [0.4, 0.5) is 0 Å². The number of aliphatic carboxylic acids is 1. The van der Waals surface area contributed by atoms with E-state index in [1.54, 1.807) is 0 Å². The third-order valence-corrected chi connectivity index (χ3v) is 0.733. The molecule has 8 heavy (non-hydrogen) atoms. The van der Waals surface area contributed by atoms with Gasteiger partial charge in [-0.2, -0.15) is 0 Å². The van der Waals surface area contributed by atoms with Gasteiger partial charge in [-0.3, -0.25) is 0 Å². The van der Waals surface area contributed by atoms with Crippen molar-refractivity contribution in [3.8, 4) is 0 Å². The van der Waals surface area contributed by atoms with E-state index in [1.807, 2.05) is 0 Å². The Labute approximate surface area is 46.8 Å². The van der Waals surface area contributed by atoms with E-state index in [4.69, 9.17) is 5.73 Å². The Morgan fingerprint density at radius 1 is 1.88 bits per heavy atom. The van der Waals surface area contributed by atoms with Crippen molar-refractivity contribution in [2.45, 2.75) is 0 Å². The standard InChI is InChI=1S/C4H8N2O2/c5-1-3(2-6)4(7)8/h1H,2,5-6H2,(H,7,8). The molecule has 0 atom stereocenters. The van der Waals surface area contributed by atoms with Crippen molar-refractivity contribution in [1.82, 2.24) is 0 Å². The fourth-order valence-corrected chi connectivity index (χ4v) is 0.253. The summed E-state index contributed by atoms with van der Waals surface area (Å²) in [5, 5.41) is 9.86. The second-order valence-corrected chi connectivity index (χ2v) is 1.23. The summed E-state index contributed by atoms with van der Waals surface area (Å²) < 4.78 is 0. The average molecular weight is 116 g/mol. The van der Waals surface area contributed by atoms with Crippen LogP contribution in [0.3, 0.4) is 0 Å². The predicted molar refractivity (Wildman–Crippen MR) is 25.0 cm³/mol. The average Bonchev–Trinajstić information content (AvgIpc) is 1.69. The molecular weight excluding hydrogens is 108 g/mol. The first-order chi connectivity index (χ1) is 3.72. The molecule has 4 heteroatoms. The van der Waals surface area contributed by atoms with E-state index in [9.17, 15) is 9.90 Å². The molecule has 0 aromatic rings. The van der Waals surface area contributed by atoms with Crippen LogP contribution in [-0.2, 0) is 4.79 Å². The highest BCUT2D eigenvalue weighted by atomic mass is 16.4. The number of nitrogens with two attached hydrogens (primary N) is 1. The number of carboxylic acids is 1. The quantitative estimate of drug-likeness (QED) is 0.372. The molecule has 0 spiro atoms. The first kappa shape index (κ1) is 6.97. The SMILES string of the molecule is NC=C(C[NH3+])C(=O)[O-]. The lowest BCUT2D eigenvalue weighted by molar-refractivity contribution is -0.360. The van der Waals surface area contributed by atoms with Crippen LogP contribution in [-0.4, -0.2) is 12.5 Å². The Hall–Kier alpha value is -1.03. The zero-order valence-corrected chi connectivity index (χ0v) is 4.39. The van der Waals surface area contributed by atoms with Crippen LogP contribution in [0.5, 0.6) is 0 Å². The zero-order valence-electron chi connectivity index (χ0n) is 4.39. The van der Waals surface area contributed by atoms with Crippen molar-refractivity contribution in [3.05, 3.63) is 11.8 Å².